The molecule has 0 aliphatic rings. The first kappa shape index (κ1) is 11.8. The Kier molecular flexibility index (Phi) is 4.67. The number of rotatable bonds is 4. The molecule has 0 spiro atoms. The van der Waals surface area contributed by atoms with Gasteiger partial charge < -0.3 is 5.73 Å². The minimum Gasteiger partial charge on any atom is -0.323 e. The van der Waals surface area contributed by atoms with Crippen LogP contribution in [0.2, 0.25) is 0 Å². The van der Waals surface area contributed by atoms with E-state index in [9.17, 15) is 0 Å². The Bertz CT molecular complexity index is 318. The smallest absolute Gasteiger partial charge is 0.0731 e. The Morgan fingerprint density at radius 3 is 2.93 bits per heavy atom. The van der Waals surface area contributed by atoms with Crippen LogP contribution in [-0.2, 0) is 0 Å². The van der Waals surface area contributed by atoms with Gasteiger partial charge in [0.05, 0.1) is 3.79 Å². The predicted octanol–water partition coefficient (Wildman–Crippen LogP) is 3.62. The van der Waals surface area contributed by atoms with Crippen LogP contribution in [0.25, 0.3) is 0 Å². The summed E-state index contributed by atoms with van der Waals surface area (Å²) in [5.41, 5.74) is 7.30. The Morgan fingerprint density at radius 2 is 2.43 bits per heavy atom. The van der Waals surface area contributed by atoms with E-state index < -0.39 is 0 Å². The maximum atomic E-state index is 6.04. The van der Waals surface area contributed by atoms with Gasteiger partial charge in [-0.2, -0.15) is 0 Å². The standard InChI is InChI=1S/C11H14BrNS/c1-3-4-5-6-9(13)10-7-8(2)11(12)14-10/h1,7,9H,4-6,13H2,2H3. The van der Waals surface area contributed by atoms with Crippen molar-refractivity contribution in [1.29, 1.82) is 0 Å². The highest BCUT2D eigenvalue weighted by Crippen LogP contribution is 2.32. The van der Waals surface area contributed by atoms with Gasteiger partial charge in [0.1, 0.15) is 0 Å². The highest BCUT2D eigenvalue weighted by molar-refractivity contribution is 9.11. The van der Waals surface area contributed by atoms with Crippen LogP contribution >= 0.6 is 27.3 Å². The quantitative estimate of drug-likeness (QED) is 0.657. The lowest BCUT2D eigenvalue weighted by atomic mass is 10.1. The molecule has 1 aromatic heterocycles. The summed E-state index contributed by atoms with van der Waals surface area (Å²) < 4.78 is 1.18. The minimum absolute atomic E-state index is 0.137. The molecule has 0 aliphatic carbocycles. The number of nitrogens with two attached hydrogens (primary N) is 1. The molecule has 0 bridgehead atoms. The van der Waals surface area contributed by atoms with Gasteiger partial charge in [0, 0.05) is 17.3 Å². The SMILES string of the molecule is C#CCCCC(N)c1cc(C)c(Br)s1. The van der Waals surface area contributed by atoms with Gasteiger partial charge in [0.25, 0.3) is 0 Å². The van der Waals surface area contributed by atoms with Crippen LogP contribution < -0.4 is 5.73 Å². The molecule has 1 rings (SSSR count). The summed E-state index contributed by atoms with van der Waals surface area (Å²) in [5, 5.41) is 0. The van der Waals surface area contributed by atoms with Crippen LogP contribution in [0.5, 0.6) is 0 Å². The summed E-state index contributed by atoms with van der Waals surface area (Å²) in [7, 11) is 0. The first-order chi connectivity index (χ1) is 6.65. The Balaban J connectivity index is 2.52. The number of hydrogen-bond acceptors (Lipinski definition) is 2. The molecule has 2 N–H and O–H groups in total. The number of halogens is 1. The van der Waals surface area contributed by atoms with Crippen molar-refractivity contribution in [1.82, 2.24) is 0 Å². The van der Waals surface area contributed by atoms with E-state index in [4.69, 9.17) is 12.2 Å². The lowest BCUT2D eigenvalue weighted by molar-refractivity contribution is 0.630. The van der Waals surface area contributed by atoms with E-state index in [1.165, 1.54) is 14.2 Å². The fraction of sp³-hybridized carbons (Fsp3) is 0.455. The lowest BCUT2D eigenvalue weighted by Gasteiger charge is -2.07. The highest BCUT2D eigenvalue weighted by atomic mass is 79.9. The van der Waals surface area contributed by atoms with Crippen LogP contribution in [0.4, 0.5) is 0 Å². The van der Waals surface area contributed by atoms with Gasteiger partial charge >= 0.3 is 0 Å². The van der Waals surface area contributed by atoms with Gasteiger partial charge in [0.2, 0.25) is 0 Å². The van der Waals surface area contributed by atoms with Gasteiger partial charge in [-0.3, -0.25) is 0 Å². The lowest BCUT2D eigenvalue weighted by Crippen LogP contribution is -2.07. The van der Waals surface area contributed by atoms with Crippen molar-refractivity contribution in [2.75, 3.05) is 0 Å². The molecule has 0 fully saturated rings. The molecule has 0 aromatic carbocycles. The van der Waals surface area contributed by atoms with E-state index in [-0.39, 0.29) is 6.04 Å². The molecule has 0 amide bonds. The first-order valence-corrected chi connectivity index (χ1v) is 6.21. The maximum absolute atomic E-state index is 6.04. The average Bonchev–Trinajstić information content (AvgIpc) is 2.47. The van der Waals surface area contributed by atoms with Crippen molar-refractivity contribution >= 4 is 27.3 Å². The zero-order valence-electron chi connectivity index (χ0n) is 8.22. The van der Waals surface area contributed by atoms with E-state index in [2.05, 4.69) is 34.8 Å². The molecule has 76 valence electrons. The van der Waals surface area contributed by atoms with Crippen molar-refractivity contribution in [2.24, 2.45) is 5.73 Å². The van der Waals surface area contributed by atoms with Gasteiger partial charge in [-0.1, -0.05) is 0 Å². The topological polar surface area (TPSA) is 26.0 Å². The largest absolute Gasteiger partial charge is 0.323 e. The second-order valence-corrected chi connectivity index (χ2v) is 5.71. The number of unbranched alkanes of at least 4 members (excludes halogenated alkanes) is 1. The van der Waals surface area contributed by atoms with Crippen molar-refractivity contribution in [3.63, 3.8) is 0 Å². The molecule has 0 aliphatic heterocycles. The second-order valence-electron chi connectivity index (χ2n) is 3.31. The fourth-order valence-electron chi connectivity index (χ4n) is 1.23. The average molecular weight is 272 g/mol. The van der Waals surface area contributed by atoms with Crippen LogP contribution in [0.3, 0.4) is 0 Å². The number of aryl methyl sites for hydroxylation is 1. The van der Waals surface area contributed by atoms with Gasteiger partial charge in [-0.25, -0.2) is 0 Å². The molecule has 1 nitrogen and oxygen atoms in total. The molecule has 0 saturated heterocycles. The number of terminal acetylenes is 1. The summed E-state index contributed by atoms with van der Waals surface area (Å²) in [6, 6.07) is 2.29. The molecule has 1 aromatic rings. The molecule has 0 saturated carbocycles. The van der Waals surface area contributed by atoms with Gasteiger partial charge in [-0.15, -0.1) is 23.7 Å². The summed E-state index contributed by atoms with van der Waals surface area (Å²) in [6.07, 6.45) is 7.98. The Morgan fingerprint density at radius 1 is 1.71 bits per heavy atom. The highest BCUT2D eigenvalue weighted by Gasteiger charge is 2.10. The summed E-state index contributed by atoms with van der Waals surface area (Å²) in [4.78, 5) is 1.24. The van der Waals surface area contributed by atoms with E-state index in [0.29, 0.717) is 0 Å². The van der Waals surface area contributed by atoms with E-state index in [1.807, 2.05) is 0 Å². The third-order valence-corrected chi connectivity index (χ3v) is 4.35. The number of hydrogen-bond donors (Lipinski definition) is 1. The van der Waals surface area contributed by atoms with Crippen LogP contribution in [0, 0.1) is 19.3 Å². The van der Waals surface area contributed by atoms with E-state index in [0.717, 1.165) is 19.3 Å². The van der Waals surface area contributed by atoms with E-state index in [1.54, 1.807) is 11.3 Å². The normalized spacial score (nSPS) is 12.4. The fourth-order valence-corrected chi connectivity index (χ4v) is 2.84. The van der Waals surface area contributed by atoms with Crippen molar-refractivity contribution in [3.05, 3.63) is 20.3 Å². The molecule has 14 heavy (non-hydrogen) atoms. The second kappa shape index (κ2) is 5.55. The van der Waals surface area contributed by atoms with Crippen molar-refractivity contribution < 1.29 is 0 Å². The van der Waals surface area contributed by atoms with Crippen molar-refractivity contribution in [3.8, 4) is 12.3 Å². The summed E-state index contributed by atoms with van der Waals surface area (Å²) in [6.45, 7) is 2.08. The Hall–Kier alpha value is -0.300. The first-order valence-electron chi connectivity index (χ1n) is 4.60. The Labute approximate surface area is 97.8 Å². The molecule has 0 radical (unpaired) electrons. The minimum atomic E-state index is 0.137. The molecule has 1 heterocycles. The van der Waals surface area contributed by atoms with Crippen LogP contribution in [-0.4, -0.2) is 0 Å². The predicted molar refractivity (Wildman–Crippen MR) is 66.4 cm³/mol. The third-order valence-electron chi connectivity index (χ3n) is 2.08. The van der Waals surface area contributed by atoms with Gasteiger partial charge in [0.15, 0.2) is 0 Å². The molecule has 1 unspecified atom stereocenters. The van der Waals surface area contributed by atoms with Crippen LogP contribution in [0.15, 0.2) is 9.85 Å². The third kappa shape index (κ3) is 3.13. The molecular weight excluding hydrogens is 258 g/mol. The molecular formula is C11H14BrNS. The number of thiophene rings is 1. The zero-order chi connectivity index (χ0) is 10.6. The zero-order valence-corrected chi connectivity index (χ0v) is 10.6. The maximum Gasteiger partial charge on any atom is 0.0731 e. The molecule has 1 atom stereocenters. The molecule has 3 heteroatoms. The van der Waals surface area contributed by atoms with Crippen molar-refractivity contribution in [2.45, 2.75) is 32.2 Å². The van der Waals surface area contributed by atoms with E-state index >= 15 is 0 Å². The summed E-state index contributed by atoms with van der Waals surface area (Å²) >= 11 is 5.22. The summed E-state index contributed by atoms with van der Waals surface area (Å²) in [5.74, 6) is 2.63. The van der Waals surface area contributed by atoms with Gasteiger partial charge in [-0.05, 0) is 47.3 Å². The monoisotopic (exact) mass is 271 g/mol. The van der Waals surface area contributed by atoms with Crippen LogP contribution in [0.1, 0.15) is 35.7 Å².